The van der Waals surface area contributed by atoms with Gasteiger partial charge in [-0.1, -0.05) is 12.2 Å². The second-order valence-corrected chi connectivity index (χ2v) is 4.15. The molecule has 4 nitrogen and oxygen atoms in total. The maximum atomic E-state index is 11.7. The van der Waals surface area contributed by atoms with Gasteiger partial charge in [0, 0.05) is 6.21 Å². The number of aryl methyl sites for hydroxylation is 1. The molecule has 0 saturated heterocycles. The van der Waals surface area contributed by atoms with Gasteiger partial charge in [-0.15, -0.1) is 0 Å². The van der Waals surface area contributed by atoms with Crippen molar-refractivity contribution in [2.45, 2.75) is 26.2 Å². The van der Waals surface area contributed by atoms with Crippen LogP contribution in [0.5, 0.6) is 0 Å². The Morgan fingerprint density at radius 2 is 2.47 bits per heavy atom. The van der Waals surface area contributed by atoms with Gasteiger partial charge in [-0.25, -0.2) is 5.43 Å². The van der Waals surface area contributed by atoms with Crippen LogP contribution in [0.4, 0.5) is 0 Å². The highest BCUT2D eigenvalue weighted by atomic mass is 16.3. The van der Waals surface area contributed by atoms with Gasteiger partial charge in [-0.05, 0) is 38.2 Å². The van der Waals surface area contributed by atoms with E-state index in [1.165, 1.54) is 6.26 Å². The van der Waals surface area contributed by atoms with Crippen LogP contribution in [0, 0.1) is 12.8 Å². The fourth-order valence-electron chi connectivity index (χ4n) is 1.83. The molecule has 0 fully saturated rings. The number of furan rings is 1. The summed E-state index contributed by atoms with van der Waals surface area (Å²) in [6.45, 7) is 1.75. The third-order valence-corrected chi connectivity index (χ3v) is 2.86. The summed E-state index contributed by atoms with van der Waals surface area (Å²) in [5, 5.41) is 3.99. The van der Waals surface area contributed by atoms with Crippen molar-refractivity contribution in [3.05, 3.63) is 35.8 Å². The van der Waals surface area contributed by atoms with Crippen molar-refractivity contribution >= 4 is 12.1 Å². The van der Waals surface area contributed by atoms with Gasteiger partial charge in [-0.2, -0.15) is 5.10 Å². The number of hydrogen-bond donors (Lipinski definition) is 1. The molecule has 0 radical (unpaired) electrons. The molecule has 0 bridgehead atoms. The fraction of sp³-hybridized carbons (Fsp3) is 0.385. The van der Waals surface area contributed by atoms with Gasteiger partial charge in [0.25, 0.3) is 5.91 Å². The van der Waals surface area contributed by atoms with Crippen LogP contribution in [-0.4, -0.2) is 12.1 Å². The molecule has 1 aromatic rings. The van der Waals surface area contributed by atoms with E-state index in [9.17, 15) is 4.79 Å². The van der Waals surface area contributed by atoms with E-state index in [2.05, 4.69) is 22.7 Å². The fourth-order valence-corrected chi connectivity index (χ4v) is 1.83. The van der Waals surface area contributed by atoms with E-state index in [0.29, 0.717) is 17.2 Å². The van der Waals surface area contributed by atoms with E-state index in [-0.39, 0.29) is 5.91 Å². The molecule has 0 aromatic carbocycles. The van der Waals surface area contributed by atoms with Crippen LogP contribution in [0.1, 0.15) is 35.4 Å². The number of amides is 1. The summed E-state index contributed by atoms with van der Waals surface area (Å²) in [6.07, 6.45) is 10.8. The highest BCUT2D eigenvalue weighted by Crippen LogP contribution is 2.15. The molecule has 1 N–H and O–H groups in total. The normalized spacial score (nSPS) is 19.7. The second kappa shape index (κ2) is 5.48. The Hall–Kier alpha value is -1.84. The molecule has 0 aliphatic heterocycles. The van der Waals surface area contributed by atoms with E-state index in [0.717, 1.165) is 19.3 Å². The number of nitrogens with one attached hydrogen (secondary N) is 1. The zero-order chi connectivity index (χ0) is 12.1. The summed E-state index contributed by atoms with van der Waals surface area (Å²) in [6, 6.07) is 1.64. The SMILES string of the molecule is Cc1occc1C(=O)N/N=C\[C@H]1CC=CCC1. The first kappa shape index (κ1) is 11.6. The van der Waals surface area contributed by atoms with Gasteiger partial charge < -0.3 is 4.42 Å². The molecule has 2 rings (SSSR count). The van der Waals surface area contributed by atoms with Gasteiger partial charge >= 0.3 is 0 Å². The lowest BCUT2D eigenvalue weighted by Gasteiger charge is -2.11. The van der Waals surface area contributed by atoms with Crippen LogP contribution in [-0.2, 0) is 0 Å². The number of hydrazone groups is 1. The van der Waals surface area contributed by atoms with Crippen LogP contribution >= 0.6 is 0 Å². The topological polar surface area (TPSA) is 54.6 Å². The molecule has 0 saturated carbocycles. The first-order chi connectivity index (χ1) is 8.27. The van der Waals surface area contributed by atoms with Crippen molar-refractivity contribution in [2.24, 2.45) is 11.0 Å². The second-order valence-electron chi connectivity index (χ2n) is 4.15. The Morgan fingerprint density at radius 3 is 3.12 bits per heavy atom. The van der Waals surface area contributed by atoms with Gasteiger partial charge in [-0.3, -0.25) is 4.79 Å². The largest absolute Gasteiger partial charge is 0.469 e. The van der Waals surface area contributed by atoms with E-state index < -0.39 is 0 Å². The standard InChI is InChI=1S/C13H16N2O2/c1-10-12(7-8-17-10)13(16)15-14-9-11-5-3-2-4-6-11/h2-3,7-9,11H,4-6H2,1H3,(H,15,16)/b14-9-/t11-/m0/s1. The van der Waals surface area contributed by atoms with Gasteiger partial charge in [0.05, 0.1) is 11.8 Å². The predicted molar refractivity (Wildman–Crippen MR) is 65.9 cm³/mol. The summed E-state index contributed by atoms with van der Waals surface area (Å²) < 4.78 is 5.06. The molecule has 17 heavy (non-hydrogen) atoms. The third-order valence-electron chi connectivity index (χ3n) is 2.86. The van der Waals surface area contributed by atoms with E-state index in [1.807, 2.05) is 6.21 Å². The number of allylic oxidation sites excluding steroid dienone is 2. The molecule has 0 unspecified atom stereocenters. The van der Waals surface area contributed by atoms with Crippen LogP contribution < -0.4 is 5.43 Å². The Balaban J connectivity index is 1.86. The van der Waals surface area contributed by atoms with Crippen LogP contribution in [0.3, 0.4) is 0 Å². The third kappa shape index (κ3) is 3.06. The highest BCUT2D eigenvalue weighted by Gasteiger charge is 2.10. The summed E-state index contributed by atoms with van der Waals surface area (Å²) in [5.74, 6) is 0.822. The number of carbonyl (C=O) groups is 1. The first-order valence-electron chi connectivity index (χ1n) is 5.80. The van der Waals surface area contributed by atoms with Crippen LogP contribution in [0.2, 0.25) is 0 Å². The van der Waals surface area contributed by atoms with Crippen molar-refractivity contribution in [3.8, 4) is 0 Å². The Morgan fingerprint density at radius 1 is 1.59 bits per heavy atom. The molecule has 1 amide bonds. The lowest BCUT2D eigenvalue weighted by Crippen LogP contribution is -2.19. The molecule has 1 heterocycles. The van der Waals surface area contributed by atoms with Crippen molar-refractivity contribution < 1.29 is 9.21 Å². The average molecular weight is 232 g/mol. The summed E-state index contributed by atoms with van der Waals surface area (Å²) in [4.78, 5) is 11.7. The minimum atomic E-state index is -0.223. The molecular weight excluding hydrogens is 216 g/mol. The van der Waals surface area contributed by atoms with E-state index in [1.54, 1.807) is 13.0 Å². The zero-order valence-corrected chi connectivity index (χ0v) is 9.85. The Bertz CT molecular complexity index is 446. The summed E-state index contributed by atoms with van der Waals surface area (Å²) in [7, 11) is 0. The van der Waals surface area contributed by atoms with Gasteiger partial charge in [0.15, 0.2) is 0 Å². The maximum Gasteiger partial charge on any atom is 0.274 e. The average Bonchev–Trinajstić information content (AvgIpc) is 2.77. The molecule has 1 aliphatic rings. The minimum absolute atomic E-state index is 0.223. The molecule has 1 aliphatic carbocycles. The van der Waals surface area contributed by atoms with E-state index in [4.69, 9.17) is 4.42 Å². The quantitative estimate of drug-likeness (QED) is 0.495. The summed E-state index contributed by atoms with van der Waals surface area (Å²) in [5.41, 5.74) is 3.05. The van der Waals surface area contributed by atoms with E-state index >= 15 is 0 Å². The van der Waals surface area contributed by atoms with Crippen LogP contribution in [0.15, 0.2) is 34.0 Å². The summed E-state index contributed by atoms with van der Waals surface area (Å²) >= 11 is 0. The Labute approximate surface area is 100 Å². The molecule has 90 valence electrons. The smallest absolute Gasteiger partial charge is 0.274 e. The Kier molecular flexibility index (Phi) is 3.75. The predicted octanol–water partition coefficient (Wildman–Crippen LogP) is 2.66. The first-order valence-corrected chi connectivity index (χ1v) is 5.80. The van der Waals surface area contributed by atoms with Crippen molar-refractivity contribution in [3.63, 3.8) is 0 Å². The highest BCUT2D eigenvalue weighted by molar-refractivity contribution is 5.95. The van der Waals surface area contributed by atoms with Gasteiger partial charge in [0.2, 0.25) is 0 Å². The molecular formula is C13H16N2O2. The number of rotatable bonds is 3. The lowest BCUT2D eigenvalue weighted by molar-refractivity contribution is 0.0953. The molecule has 4 heteroatoms. The lowest BCUT2D eigenvalue weighted by atomic mass is 9.96. The number of carbonyl (C=O) groups excluding carboxylic acids is 1. The molecule has 1 atom stereocenters. The van der Waals surface area contributed by atoms with Crippen molar-refractivity contribution in [2.75, 3.05) is 0 Å². The van der Waals surface area contributed by atoms with Crippen molar-refractivity contribution in [1.29, 1.82) is 0 Å². The number of nitrogens with zero attached hydrogens (tertiary/aromatic N) is 1. The molecule has 1 aromatic heterocycles. The minimum Gasteiger partial charge on any atom is -0.469 e. The van der Waals surface area contributed by atoms with Gasteiger partial charge in [0.1, 0.15) is 5.76 Å². The zero-order valence-electron chi connectivity index (χ0n) is 9.85. The number of hydrogen-bond acceptors (Lipinski definition) is 3. The van der Waals surface area contributed by atoms with Crippen LogP contribution in [0.25, 0.3) is 0 Å². The van der Waals surface area contributed by atoms with Crippen molar-refractivity contribution in [1.82, 2.24) is 5.43 Å². The maximum absolute atomic E-state index is 11.7. The molecule has 0 spiro atoms. The monoisotopic (exact) mass is 232 g/mol.